The van der Waals surface area contributed by atoms with Crippen molar-refractivity contribution < 1.29 is 0 Å². The number of rotatable bonds is 6. The zero-order valence-electron chi connectivity index (χ0n) is 26.5. The van der Waals surface area contributed by atoms with Crippen LogP contribution < -0.4 is 0 Å². The van der Waals surface area contributed by atoms with Crippen molar-refractivity contribution in [1.29, 1.82) is 0 Å². The van der Waals surface area contributed by atoms with Crippen LogP contribution in [0.15, 0.2) is 176 Å². The van der Waals surface area contributed by atoms with Crippen LogP contribution in [0.5, 0.6) is 0 Å². The Kier molecular flexibility index (Phi) is 7.34. The quantitative estimate of drug-likeness (QED) is 0.181. The van der Waals surface area contributed by atoms with Gasteiger partial charge in [0, 0.05) is 36.9 Å². The summed E-state index contributed by atoms with van der Waals surface area (Å²) in [4.78, 5) is 15.7. The Bertz CT molecular complexity index is 2520. The van der Waals surface area contributed by atoms with Crippen molar-refractivity contribution in [1.82, 2.24) is 15.0 Å². The van der Waals surface area contributed by atoms with Crippen LogP contribution in [0.3, 0.4) is 0 Å². The van der Waals surface area contributed by atoms with E-state index in [1.165, 1.54) is 20.2 Å². The van der Waals surface area contributed by atoms with E-state index in [1.807, 2.05) is 41.7 Å². The van der Waals surface area contributed by atoms with E-state index in [2.05, 4.69) is 146 Å². The second-order valence-electron chi connectivity index (χ2n) is 12.1. The lowest BCUT2D eigenvalue weighted by Gasteiger charge is -2.13. The Morgan fingerprint density at radius 2 is 0.735 bits per heavy atom. The topological polar surface area (TPSA) is 38.7 Å². The van der Waals surface area contributed by atoms with Gasteiger partial charge in [-0.3, -0.25) is 0 Å². The lowest BCUT2D eigenvalue weighted by molar-refractivity contribution is 1.08. The lowest BCUT2D eigenvalue weighted by atomic mass is 9.95. The van der Waals surface area contributed by atoms with E-state index in [9.17, 15) is 0 Å². The molecule has 0 saturated heterocycles. The Hall–Kier alpha value is -6.23. The van der Waals surface area contributed by atoms with Crippen molar-refractivity contribution in [3.8, 4) is 67.5 Å². The maximum atomic E-state index is 5.32. The standard InChI is InChI=1S/C45H29N3S/c1-5-15-30(16-6-1)34-25-35(31-17-7-2-8-18-31)27-37(26-34)44-46-43(33-21-11-4-12-22-33)47-45(48-44)39-28-36(32-19-9-3-10-20-32)29-41-42(39)38-23-13-14-24-40(38)49-41/h1-29H. The highest BCUT2D eigenvalue weighted by molar-refractivity contribution is 7.26. The van der Waals surface area contributed by atoms with Crippen LogP contribution in [0.4, 0.5) is 0 Å². The molecular formula is C45H29N3S. The van der Waals surface area contributed by atoms with Gasteiger partial charge in [0.1, 0.15) is 0 Å². The predicted molar refractivity (Wildman–Crippen MR) is 205 cm³/mol. The molecule has 0 saturated carbocycles. The number of fused-ring (bicyclic) bond motifs is 3. The summed E-state index contributed by atoms with van der Waals surface area (Å²) in [5.41, 5.74) is 9.67. The molecule has 0 bridgehead atoms. The molecule has 3 nitrogen and oxygen atoms in total. The van der Waals surface area contributed by atoms with Gasteiger partial charge in [-0.05, 0) is 69.8 Å². The van der Waals surface area contributed by atoms with Crippen LogP contribution in [0, 0.1) is 0 Å². The van der Waals surface area contributed by atoms with E-state index in [0.29, 0.717) is 17.5 Å². The molecule has 0 spiro atoms. The number of hydrogen-bond donors (Lipinski definition) is 0. The highest BCUT2D eigenvalue weighted by Crippen LogP contribution is 2.43. The molecule has 4 heteroatoms. The highest BCUT2D eigenvalue weighted by atomic mass is 32.1. The lowest BCUT2D eigenvalue weighted by Crippen LogP contribution is -2.01. The minimum atomic E-state index is 0.636. The smallest absolute Gasteiger partial charge is 0.164 e. The molecule has 0 aliphatic rings. The molecule has 9 aromatic rings. The second-order valence-corrected chi connectivity index (χ2v) is 13.1. The predicted octanol–water partition coefficient (Wildman–Crippen LogP) is 12.2. The molecule has 230 valence electrons. The minimum Gasteiger partial charge on any atom is -0.208 e. The van der Waals surface area contributed by atoms with Crippen LogP contribution in [-0.4, -0.2) is 15.0 Å². The Labute approximate surface area is 288 Å². The van der Waals surface area contributed by atoms with E-state index in [1.54, 1.807) is 0 Å². The van der Waals surface area contributed by atoms with Crippen LogP contribution in [0.25, 0.3) is 87.7 Å². The van der Waals surface area contributed by atoms with Crippen LogP contribution in [0.2, 0.25) is 0 Å². The summed E-state index contributed by atoms with van der Waals surface area (Å²) < 4.78 is 2.45. The van der Waals surface area contributed by atoms with Crippen molar-refractivity contribution in [2.75, 3.05) is 0 Å². The highest BCUT2D eigenvalue weighted by Gasteiger charge is 2.19. The van der Waals surface area contributed by atoms with E-state index in [0.717, 1.165) is 50.1 Å². The fraction of sp³-hybridized carbons (Fsp3) is 0. The SMILES string of the molecule is c1ccc(-c2cc(-c3ccccc3)cc(-c3nc(-c4ccccc4)nc(-c4cc(-c5ccccc5)cc5sc6ccccc6c45)n3)c2)cc1. The number of aromatic nitrogens is 3. The summed E-state index contributed by atoms with van der Waals surface area (Å²) in [5, 5.41) is 2.37. The first kappa shape index (κ1) is 29.0. The maximum absolute atomic E-state index is 5.32. The summed E-state index contributed by atoms with van der Waals surface area (Å²) in [6.07, 6.45) is 0. The first-order valence-electron chi connectivity index (χ1n) is 16.4. The number of benzene rings is 7. The number of nitrogens with zero attached hydrogens (tertiary/aromatic N) is 3. The average Bonchev–Trinajstić information content (AvgIpc) is 3.57. The Morgan fingerprint density at radius 3 is 1.31 bits per heavy atom. The molecule has 0 radical (unpaired) electrons. The van der Waals surface area contributed by atoms with Gasteiger partial charge < -0.3 is 0 Å². The minimum absolute atomic E-state index is 0.636. The molecule has 0 aliphatic carbocycles. The molecule has 0 aliphatic heterocycles. The number of thiophene rings is 1. The summed E-state index contributed by atoms with van der Waals surface area (Å²) in [6.45, 7) is 0. The number of hydrogen-bond acceptors (Lipinski definition) is 4. The summed E-state index contributed by atoms with van der Waals surface area (Å²) in [7, 11) is 0. The molecular weight excluding hydrogens is 615 g/mol. The molecule has 0 unspecified atom stereocenters. The third kappa shape index (κ3) is 5.58. The molecule has 2 heterocycles. The van der Waals surface area contributed by atoms with E-state index >= 15 is 0 Å². The van der Waals surface area contributed by atoms with Crippen LogP contribution in [-0.2, 0) is 0 Å². The zero-order chi connectivity index (χ0) is 32.6. The van der Waals surface area contributed by atoms with Crippen molar-refractivity contribution >= 4 is 31.5 Å². The molecule has 7 aromatic carbocycles. The summed E-state index contributed by atoms with van der Waals surface area (Å²) in [6, 6.07) is 61.6. The van der Waals surface area contributed by atoms with Gasteiger partial charge in [0.15, 0.2) is 17.5 Å². The van der Waals surface area contributed by atoms with Gasteiger partial charge in [-0.15, -0.1) is 11.3 Å². The van der Waals surface area contributed by atoms with Gasteiger partial charge in [0.05, 0.1) is 0 Å². The van der Waals surface area contributed by atoms with Gasteiger partial charge >= 0.3 is 0 Å². The molecule has 49 heavy (non-hydrogen) atoms. The van der Waals surface area contributed by atoms with Crippen molar-refractivity contribution in [2.45, 2.75) is 0 Å². The van der Waals surface area contributed by atoms with Gasteiger partial charge in [-0.2, -0.15) is 0 Å². The van der Waals surface area contributed by atoms with Gasteiger partial charge in [0.2, 0.25) is 0 Å². The molecule has 0 amide bonds. The van der Waals surface area contributed by atoms with Crippen molar-refractivity contribution in [3.05, 3.63) is 176 Å². The van der Waals surface area contributed by atoms with Crippen LogP contribution in [0.1, 0.15) is 0 Å². The fourth-order valence-electron chi connectivity index (χ4n) is 6.52. The van der Waals surface area contributed by atoms with E-state index < -0.39 is 0 Å². The van der Waals surface area contributed by atoms with Gasteiger partial charge in [0.25, 0.3) is 0 Å². The van der Waals surface area contributed by atoms with Gasteiger partial charge in [-0.25, -0.2) is 15.0 Å². The molecule has 0 fully saturated rings. The maximum Gasteiger partial charge on any atom is 0.164 e. The molecule has 2 aromatic heterocycles. The van der Waals surface area contributed by atoms with E-state index in [-0.39, 0.29) is 0 Å². The normalized spacial score (nSPS) is 11.3. The third-order valence-electron chi connectivity index (χ3n) is 8.90. The zero-order valence-corrected chi connectivity index (χ0v) is 27.3. The first-order valence-corrected chi connectivity index (χ1v) is 17.2. The second kappa shape index (κ2) is 12.4. The molecule has 0 atom stereocenters. The molecule has 0 N–H and O–H groups in total. The monoisotopic (exact) mass is 643 g/mol. The van der Waals surface area contributed by atoms with Gasteiger partial charge in [-0.1, -0.05) is 140 Å². The summed E-state index contributed by atoms with van der Waals surface area (Å²) in [5.74, 6) is 1.93. The Balaban J connectivity index is 1.33. The molecule has 9 rings (SSSR count). The largest absolute Gasteiger partial charge is 0.208 e. The third-order valence-corrected chi connectivity index (χ3v) is 10.0. The van der Waals surface area contributed by atoms with Crippen molar-refractivity contribution in [2.24, 2.45) is 0 Å². The van der Waals surface area contributed by atoms with Crippen LogP contribution >= 0.6 is 11.3 Å². The van der Waals surface area contributed by atoms with E-state index in [4.69, 9.17) is 15.0 Å². The summed E-state index contributed by atoms with van der Waals surface area (Å²) >= 11 is 1.81. The fourth-order valence-corrected chi connectivity index (χ4v) is 7.69. The average molecular weight is 644 g/mol. The first-order chi connectivity index (χ1) is 24.3. The Morgan fingerprint density at radius 1 is 0.306 bits per heavy atom. The van der Waals surface area contributed by atoms with Crippen molar-refractivity contribution in [3.63, 3.8) is 0 Å².